The van der Waals surface area contributed by atoms with Gasteiger partial charge in [0.2, 0.25) is 0 Å². The van der Waals surface area contributed by atoms with Crippen molar-refractivity contribution in [2.45, 2.75) is 11.8 Å². The van der Waals surface area contributed by atoms with E-state index in [1.54, 1.807) is 18.3 Å². The monoisotopic (exact) mass is 434 g/mol. The second-order valence-corrected chi connectivity index (χ2v) is 9.25. The molecule has 0 aliphatic heterocycles. The molecular weight excluding hydrogens is 415 g/mol. The lowest BCUT2D eigenvalue weighted by Crippen LogP contribution is -2.23. The number of sulfone groups is 1. The lowest BCUT2D eigenvalue weighted by Gasteiger charge is -2.14. The smallest absolute Gasteiger partial charge is 0.267 e. The van der Waals surface area contributed by atoms with Crippen molar-refractivity contribution in [2.75, 3.05) is 6.26 Å². The van der Waals surface area contributed by atoms with Crippen molar-refractivity contribution in [3.63, 3.8) is 0 Å². The highest BCUT2D eigenvalue weighted by Gasteiger charge is 2.18. The van der Waals surface area contributed by atoms with E-state index in [-0.39, 0.29) is 10.5 Å². The lowest BCUT2D eigenvalue weighted by molar-refractivity contribution is 0.602. The number of benzene rings is 3. The predicted molar refractivity (Wildman–Crippen MR) is 119 cm³/mol. The van der Waals surface area contributed by atoms with E-state index in [1.807, 2.05) is 31.2 Å². The van der Waals surface area contributed by atoms with E-state index >= 15 is 0 Å². The van der Waals surface area contributed by atoms with Gasteiger partial charge in [0.05, 0.1) is 22.3 Å². The van der Waals surface area contributed by atoms with E-state index in [0.717, 1.165) is 17.4 Å². The molecule has 7 heteroatoms. The summed E-state index contributed by atoms with van der Waals surface area (Å²) < 4.78 is 38.2. The van der Waals surface area contributed by atoms with E-state index in [4.69, 9.17) is 0 Å². The minimum absolute atomic E-state index is 0.196. The molecule has 0 aliphatic carbocycles. The molecule has 4 aromatic rings. The van der Waals surface area contributed by atoms with Crippen LogP contribution in [-0.2, 0) is 9.84 Å². The van der Waals surface area contributed by atoms with Crippen LogP contribution in [0.25, 0.3) is 27.9 Å². The Hall–Kier alpha value is -3.58. The molecule has 3 aromatic carbocycles. The van der Waals surface area contributed by atoms with Crippen LogP contribution >= 0.6 is 0 Å². The minimum atomic E-state index is -3.34. The first-order valence-corrected chi connectivity index (χ1v) is 11.4. The number of rotatable bonds is 4. The van der Waals surface area contributed by atoms with Crippen molar-refractivity contribution in [2.24, 2.45) is 0 Å². The highest BCUT2D eigenvalue weighted by Crippen LogP contribution is 2.31. The van der Waals surface area contributed by atoms with Crippen molar-refractivity contribution in [1.82, 2.24) is 9.78 Å². The van der Waals surface area contributed by atoms with E-state index in [1.165, 1.54) is 41.1 Å². The topological polar surface area (TPSA) is 69.0 Å². The Morgan fingerprint density at radius 2 is 1.52 bits per heavy atom. The molecule has 4 rings (SSSR count). The van der Waals surface area contributed by atoms with Crippen LogP contribution in [0.4, 0.5) is 4.39 Å². The van der Waals surface area contributed by atoms with Crippen LogP contribution in [0.2, 0.25) is 0 Å². The number of hydrogen-bond donors (Lipinski definition) is 0. The molecule has 0 N–H and O–H groups in total. The second kappa shape index (κ2) is 7.92. The fourth-order valence-electron chi connectivity index (χ4n) is 3.43. The fourth-order valence-corrected chi connectivity index (χ4v) is 4.06. The number of nitrogens with zero attached hydrogens (tertiary/aromatic N) is 2. The zero-order chi connectivity index (χ0) is 22.2. The van der Waals surface area contributed by atoms with Crippen LogP contribution in [0.1, 0.15) is 5.56 Å². The lowest BCUT2D eigenvalue weighted by atomic mass is 9.94. The first-order chi connectivity index (χ1) is 14.8. The van der Waals surface area contributed by atoms with Gasteiger partial charge >= 0.3 is 0 Å². The van der Waals surface area contributed by atoms with Gasteiger partial charge in [0.25, 0.3) is 5.56 Å². The van der Waals surface area contributed by atoms with Gasteiger partial charge in [-0.2, -0.15) is 9.78 Å². The molecule has 31 heavy (non-hydrogen) atoms. The van der Waals surface area contributed by atoms with E-state index in [2.05, 4.69) is 5.10 Å². The molecule has 0 saturated heterocycles. The average molecular weight is 434 g/mol. The van der Waals surface area contributed by atoms with Gasteiger partial charge in [-0.15, -0.1) is 0 Å². The zero-order valence-corrected chi connectivity index (χ0v) is 17.7. The Labute approximate surface area is 179 Å². The van der Waals surface area contributed by atoms with Crippen molar-refractivity contribution < 1.29 is 12.8 Å². The van der Waals surface area contributed by atoms with Gasteiger partial charge < -0.3 is 0 Å². The molecule has 0 saturated carbocycles. The van der Waals surface area contributed by atoms with Crippen molar-refractivity contribution in [3.05, 3.63) is 101 Å². The van der Waals surface area contributed by atoms with Crippen molar-refractivity contribution in [3.8, 4) is 27.9 Å². The first-order valence-electron chi connectivity index (χ1n) is 9.50. The van der Waals surface area contributed by atoms with Gasteiger partial charge in [-0.25, -0.2) is 12.8 Å². The third-order valence-electron chi connectivity index (χ3n) is 5.06. The van der Waals surface area contributed by atoms with Gasteiger partial charge in [0, 0.05) is 11.8 Å². The molecule has 0 aliphatic rings. The summed E-state index contributed by atoms with van der Waals surface area (Å²) >= 11 is 0. The van der Waals surface area contributed by atoms with E-state index < -0.39 is 15.7 Å². The maximum atomic E-state index is 13.5. The zero-order valence-electron chi connectivity index (χ0n) is 16.9. The number of aromatic nitrogens is 2. The molecule has 0 fully saturated rings. The summed E-state index contributed by atoms with van der Waals surface area (Å²) in [6.07, 6.45) is 2.72. The van der Waals surface area contributed by atoms with Crippen molar-refractivity contribution in [1.29, 1.82) is 0 Å². The van der Waals surface area contributed by atoms with Gasteiger partial charge in [-0.1, -0.05) is 36.4 Å². The Morgan fingerprint density at radius 3 is 2.13 bits per heavy atom. The molecule has 0 radical (unpaired) electrons. The van der Waals surface area contributed by atoms with Crippen LogP contribution in [0.15, 0.2) is 88.7 Å². The molecule has 0 atom stereocenters. The second-order valence-electron chi connectivity index (χ2n) is 7.24. The third kappa shape index (κ3) is 4.04. The maximum Gasteiger partial charge on any atom is 0.280 e. The number of halogens is 1. The predicted octanol–water partition coefficient (Wildman–Crippen LogP) is 4.42. The Bertz CT molecular complexity index is 1430. The summed E-state index contributed by atoms with van der Waals surface area (Å²) in [5.74, 6) is -0.404. The standard InChI is InChI=1S/C24H19FN2O3S/c1-16-5-3-4-6-21(16)23-22(17-7-13-20(14-8-17)31(2,29)30)15-26-27(24(23)28)19-11-9-18(25)10-12-19/h3-15H,1-2H3. The number of aryl methyl sites for hydroxylation is 1. The first kappa shape index (κ1) is 20.7. The Kier molecular flexibility index (Phi) is 5.29. The summed E-state index contributed by atoms with van der Waals surface area (Å²) in [6.45, 7) is 1.91. The molecule has 1 aromatic heterocycles. The molecule has 0 amide bonds. The Balaban J connectivity index is 1.98. The molecule has 5 nitrogen and oxygen atoms in total. The molecule has 0 unspecified atom stereocenters. The van der Waals surface area contributed by atoms with E-state index in [0.29, 0.717) is 22.4 Å². The summed E-state index contributed by atoms with van der Waals surface area (Å²) in [6, 6.07) is 19.4. The third-order valence-corrected chi connectivity index (χ3v) is 6.19. The molecular formula is C24H19FN2O3S. The van der Waals surface area contributed by atoms with Crippen LogP contribution < -0.4 is 5.56 Å². The molecule has 1 heterocycles. The fraction of sp³-hybridized carbons (Fsp3) is 0.0833. The number of hydrogen-bond acceptors (Lipinski definition) is 4. The SMILES string of the molecule is Cc1ccccc1-c1c(-c2ccc(S(C)(=O)=O)cc2)cnn(-c2ccc(F)cc2)c1=O. The summed E-state index contributed by atoms with van der Waals surface area (Å²) in [7, 11) is -3.34. The quantitative estimate of drug-likeness (QED) is 0.477. The summed E-state index contributed by atoms with van der Waals surface area (Å²) in [5.41, 5.74) is 3.42. The highest BCUT2D eigenvalue weighted by atomic mass is 32.2. The van der Waals surface area contributed by atoms with Gasteiger partial charge in [0.1, 0.15) is 5.82 Å². The highest BCUT2D eigenvalue weighted by molar-refractivity contribution is 7.90. The Morgan fingerprint density at radius 1 is 0.871 bits per heavy atom. The van der Waals surface area contributed by atoms with Crippen LogP contribution in [0, 0.1) is 12.7 Å². The molecule has 0 spiro atoms. The van der Waals surface area contributed by atoms with Gasteiger partial charge in [0.15, 0.2) is 9.84 Å². The largest absolute Gasteiger partial charge is 0.280 e. The molecule has 0 bridgehead atoms. The van der Waals surface area contributed by atoms with Gasteiger partial charge in [-0.3, -0.25) is 4.79 Å². The summed E-state index contributed by atoms with van der Waals surface area (Å²) in [4.78, 5) is 13.7. The normalized spacial score (nSPS) is 11.5. The average Bonchev–Trinajstić information content (AvgIpc) is 2.74. The van der Waals surface area contributed by atoms with E-state index in [9.17, 15) is 17.6 Å². The van der Waals surface area contributed by atoms with Crippen LogP contribution in [0.5, 0.6) is 0 Å². The van der Waals surface area contributed by atoms with Crippen LogP contribution in [0.3, 0.4) is 0 Å². The maximum absolute atomic E-state index is 13.5. The summed E-state index contributed by atoms with van der Waals surface area (Å²) in [5, 5.41) is 4.31. The van der Waals surface area contributed by atoms with Crippen LogP contribution in [-0.4, -0.2) is 24.5 Å². The van der Waals surface area contributed by atoms with Gasteiger partial charge in [-0.05, 0) is 60.0 Å². The minimum Gasteiger partial charge on any atom is -0.267 e. The van der Waals surface area contributed by atoms with Crippen molar-refractivity contribution >= 4 is 9.84 Å². The molecule has 156 valence electrons.